The largest absolute Gasteiger partial charge is 0.341 e. The first-order valence-electron chi connectivity index (χ1n) is 12.9. The molecule has 1 aliphatic rings. The van der Waals surface area contributed by atoms with Gasteiger partial charge in [0, 0.05) is 12.3 Å². The van der Waals surface area contributed by atoms with Crippen LogP contribution in [0, 0.1) is 0 Å². The van der Waals surface area contributed by atoms with Crippen LogP contribution < -0.4 is 21.2 Å². The van der Waals surface area contributed by atoms with Gasteiger partial charge in [-0.3, -0.25) is 0 Å². The molecular weight excluding hydrogens is 490 g/mol. The van der Waals surface area contributed by atoms with Crippen molar-refractivity contribution < 1.29 is 9.47 Å². The molecule has 2 atom stereocenters. The molecule has 190 valence electrons. The summed E-state index contributed by atoms with van der Waals surface area (Å²) >= 11 is 0. The van der Waals surface area contributed by atoms with Gasteiger partial charge in [-0.1, -0.05) is 121 Å². The summed E-state index contributed by atoms with van der Waals surface area (Å²) in [6.45, 7) is 8.70. The van der Waals surface area contributed by atoms with E-state index in [1.165, 1.54) is 21.2 Å². The molecule has 1 heterocycles. The molecule has 0 saturated carbocycles. The molecule has 4 aromatic carbocycles. The zero-order valence-electron chi connectivity index (χ0n) is 22.2. The molecule has 1 aliphatic heterocycles. The van der Waals surface area contributed by atoms with E-state index >= 15 is 0 Å². The second kappa shape index (κ2) is 10.8. The van der Waals surface area contributed by atoms with Crippen molar-refractivity contribution in [2.45, 2.75) is 44.7 Å². The van der Waals surface area contributed by atoms with Gasteiger partial charge in [0.1, 0.15) is 11.2 Å². The third-order valence-corrected chi connectivity index (χ3v) is 12.8. The number of hydrogen-bond donors (Lipinski definition) is 0. The molecule has 37 heavy (non-hydrogen) atoms. The van der Waals surface area contributed by atoms with Gasteiger partial charge in [-0.25, -0.2) is 0 Å². The second-order valence-corrected chi connectivity index (χ2v) is 15.0. The van der Waals surface area contributed by atoms with Gasteiger partial charge in [0.15, 0.2) is 5.79 Å². The van der Waals surface area contributed by atoms with E-state index in [4.69, 9.17) is 9.47 Å². The first-order chi connectivity index (χ1) is 17.8. The van der Waals surface area contributed by atoms with Crippen LogP contribution in [0.15, 0.2) is 121 Å². The van der Waals surface area contributed by atoms with Crippen LogP contribution in [0.2, 0.25) is 0 Å². The van der Waals surface area contributed by atoms with Crippen LogP contribution in [0.25, 0.3) is 0 Å². The molecular formula is C33H36O2P2. The average Bonchev–Trinajstić information content (AvgIpc) is 3.10. The zero-order valence-corrected chi connectivity index (χ0v) is 24.0. The lowest BCUT2D eigenvalue weighted by atomic mass is 9.89. The van der Waals surface area contributed by atoms with Gasteiger partial charge in [0.05, 0.1) is 0 Å². The minimum atomic E-state index is -0.660. The van der Waals surface area contributed by atoms with E-state index in [2.05, 4.69) is 149 Å². The summed E-state index contributed by atoms with van der Waals surface area (Å²) in [5, 5.41) is 5.48. The third-order valence-electron chi connectivity index (χ3n) is 7.25. The van der Waals surface area contributed by atoms with Crippen molar-refractivity contribution in [1.82, 2.24) is 0 Å². The van der Waals surface area contributed by atoms with Crippen molar-refractivity contribution in [2.75, 3.05) is 12.3 Å². The van der Waals surface area contributed by atoms with Gasteiger partial charge in [-0.05, 0) is 64.8 Å². The van der Waals surface area contributed by atoms with E-state index in [0.717, 1.165) is 12.3 Å². The Morgan fingerprint density at radius 1 is 0.432 bits per heavy atom. The van der Waals surface area contributed by atoms with Crippen LogP contribution in [0.1, 0.15) is 27.7 Å². The molecule has 5 rings (SSSR count). The molecule has 1 fully saturated rings. The Kier molecular flexibility index (Phi) is 7.67. The van der Waals surface area contributed by atoms with Crippen LogP contribution in [-0.2, 0) is 9.47 Å². The maximum Gasteiger partial charge on any atom is 0.164 e. The Balaban J connectivity index is 1.56. The molecule has 0 radical (unpaired) electrons. The van der Waals surface area contributed by atoms with Gasteiger partial charge in [0.2, 0.25) is 0 Å². The first kappa shape index (κ1) is 26.3. The minimum absolute atomic E-state index is 0.474. The van der Waals surface area contributed by atoms with E-state index in [-0.39, 0.29) is 0 Å². The van der Waals surface area contributed by atoms with Gasteiger partial charge in [0.25, 0.3) is 0 Å². The predicted octanol–water partition coefficient (Wildman–Crippen LogP) is 6.55. The quantitative estimate of drug-likeness (QED) is 0.242. The summed E-state index contributed by atoms with van der Waals surface area (Å²) in [6, 6.07) is 43.7. The van der Waals surface area contributed by atoms with Crippen molar-refractivity contribution in [1.29, 1.82) is 0 Å². The predicted molar refractivity (Wildman–Crippen MR) is 161 cm³/mol. The van der Waals surface area contributed by atoms with Crippen molar-refractivity contribution in [3.8, 4) is 0 Å². The number of ether oxygens (including phenoxy) is 2. The van der Waals surface area contributed by atoms with E-state index in [9.17, 15) is 0 Å². The maximum absolute atomic E-state index is 6.90. The number of hydrogen-bond acceptors (Lipinski definition) is 2. The summed E-state index contributed by atoms with van der Waals surface area (Å²) in [5.74, 6) is -0.660. The summed E-state index contributed by atoms with van der Waals surface area (Å²) in [7, 11) is -1.28. The highest BCUT2D eigenvalue weighted by Gasteiger charge is 2.59. The van der Waals surface area contributed by atoms with Crippen LogP contribution >= 0.6 is 15.8 Å². The lowest BCUT2D eigenvalue weighted by Crippen LogP contribution is -2.53. The van der Waals surface area contributed by atoms with Crippen molar-refractivity contribution >= 4 is 37.1 Å². The normalized spacial score (nSPS) is 23.0. The Labute approximate surface area is 224 Å². The Morgan fingerprint density at radius 2 is 0.676 bits per heavy atom. The fourth-order valence-electron chi connectivity index (χ4n) is 5.42. The second-order valence-electron chi connectivity index (χ2n) is 10.6. The molecule has 0 aliphatic carbocycles. The van der Waals surface area contributed by atoms with Gasteiger partial charge >= 0.3 is 0 Å². The zero-order chi connectivity index (χ0) is 25.9. The molecule has 0 amide bonds. The van der Waals surface area contributed by atoms with Crippen molar-refractivity contribution in [2.24, 2.45) is 0 Å². The van der Waals surface area contributed by atoms with Crippen LogP contribution in [0.3, 0.4) is 0 Å². The molecule has 1 saturated heterocycles. The maximum atomic E-state index is 6.90. The first-order valence-corrected chi connectivity index (χ1v) is 16.0. The third kappa shape index (κ3) is 5.74. The van der Waals surface area contributed by atoms with Crippen LogP contribution in [-0.4, -0.2) is 29.3 Å². The Morgan fingerprint density at radius 3 is 0.919 bits per heavy atom. The van der Waals surface area contributed by atoms with Gasteiger partial charge in [-0.2, -0.15) is 0 Å². The van der Waals surface area contributed by atoms with Gasteiger partial charge in [-0.15, -0.1) is 0 Å². The average molecular weight is 527 g/mol. The highest BCUT2D eigenvalue weighted by Crippen LogP contribution is 2.54. The lowest BCUT2D eigenvalue weighted by Gasteiger charge is -2.42. The fourth-order valence-corrected chi connectivity index (χ4v) is 10.9. The highest BCUT2D eigenvalue weighted by atomic mass is 31.1. The molecule has 0 spiro atoms. The summed E-state index contributed by atoms with van der Waals surface area (Å²) in [4.78, 5) is 0. The molecule has 0 bridgehead atoms. The van der Waals surface area contributed by atoms with E-state index in [1.807, 2.05) is 0 Å². The summed E-state index contributed by atoms with van der Waals surface area (Å²) < 4.78 is 13.8. The standard InChI is InChI=1S/C33H36O2P2/c1-31(2)34-32(3,25-36(27-17-9-5-10-18-27)28-19-11-6-12-20-28)33(4,35-31)26-37(29-21-13-7-14-22-29)30-23-15-8-16-24-30/h5-24H,25-26H2,1-4H3. The van der Waals surface area contributed by atoms with Crippen LogP contribution in [0.4, 0.5) is 0 Å². The minimum Gasteiger partial charge on any atom is -0.341 e. The molecule has 2 unspecified atom stereocenters. The molecule has 2 nitrogen and oxygen atoms in total. The molecule has 4 heteroatoms. The van der Waals surface area contributed by atoms with Crippen molar-refractivity contribution in [3.63, 3.8) is 0 Å². The smallest absolute Gasteiger partial charge is 0.164 e. The van der Waals surface area contributed by atoms with E-state index in [0.29, 0.717) is 0 Å². The molecule has 0 aromatic heterocycles. The fraction of sp³-hybridized carbons (Fsp3) is 0.273. The number of rotatable bonds is 8. The Hall–Kier alpha value is -2.34. The van der Waals surface area contributed by atoms with Crippen LogP contribution in [0.5, 0.6) is 0 Å². The topological polar surface area (TPSA) is 18.5 Å². The highest BCUT2D eigenvalue weighted by molar-refractivity contribution is 7.73. The number of benzene rings is 4. The van der Waals surface area contributed by atoms with Gasteiger partial charge < -0.3 is 9.47 Å². The van der Waals surface area contributed by atoms with E-state index in [1.54, 1.807) is 0 Å². The van der Waals surface area contributed by atoms with Crippen molar-refractivity contribution in [3.05, 3.63) is 121 Å². The lowest BCUT2D eigenvalue weighted by molar-refractivity contribution is -0.162. The van der Waals surface area contributed by atoms with E-state index < -0.39 is 32.8 Å². The molecule has 4 aromatic rings. The summed E-state index contributed by atoms with van der Waals surface area (Å²) in [6.07, 6.45) is 1.78. The molecule has 0 N–H and O–H groups in total. The SMILES string of the molecule is CC1(C)OC(C)(CP(c2ccccc2)c2ccccc2)C(C)(CP(c2ccccc2)c2ccccc2)O1. The Bertz CT molecular complexity index is 1100. The summed E-state index contributed by atoms with van der Waals surface area (Å²) in [5.41, 5.74) is -0.948. The monoisotopic (exact) mass is 526 g/mol.